The van der Waals surface area contributed by atoms with Gasteiger partial charge in [-0.05, 0) is 36.4 Å². The molecule has 0 aliphatic heterocycles. The van der Waals surface area contributed by atoms with Crippen molar-refractivity contribution >= 4 is 50.2 Å². The maximum atomic E-state index is 11.6. The Kier molecular flexibility index (Phi) is 4.74. The van der Waals surface area contributed by atoms with Crippen LogP contribution in [-0.4, -0.2) is 29.3 Å². The molecule has 28 heavy (non-hydrogen) atoms. The number of halogens is 2. The van der Waals surface area contributed by atoms with E-state index in [2.05, 4.69) is 15.4 Å². The van der Waals surface area contributed by atoms with Gasteiger partial charge in [-0.15, -0.1) is 0 Å². The van der Waals surface area contributed by atoms with Crippen LogP contribution < -0.4 is 5.32 Å². The van der Waals surface area contributed by atoms with E-state index in [-0.39, 0.29) is 4.90 Å². The Balaban J connectivity index is 1.78. The lowest BCUT2D eigenvalue weighted by atomic mass is 10.1. The largest absolute Gasteiger partial charge is 0.340 e. The van der Waals surface area contributed by atoms with E-state index in [4.69, 9.17) is 23.2 Å². The van der Waals surface area contributed by atoms with Gasteiger partial charge in [0.15, 0.2) is 15.5 Å². The van der Waals surface area contributed by atoms with Gasteiger partial charge < -0.3 is 5.32 Å². The molecule has 6 nitrogen and oxygen atoms in total. The number of benzene rings is 2. The van der Waals surface area contributed by atoms with Crippen molar-refractivity contribution in [1.29, 1.82) is 0 Å². The highest BCUT2D eigenvalue weighted by Crippen LogP contribution is 2.28. The second kappa shape index (κ2) is 7.09. The Bertz CT molecular complexity index is 1270. The molecule has 2 aromatic carbocycles. The van der Waals surface area contributed by atoms with Crippen LogP contribution in [0.1, 0.15) is 0 Å². The van der Waals surface area contributed by atoms with Gasteiger partial charge in [-0.1, -0.05) is 35.3 Å². The summed E-state index contributed by atoms with van der Waals surface area (Å²) in [7, 11) is -3.25. The number of hydrogen-bond donors (Lipinski definition) is 1. The highest BCUT2D eigenvalue weighted by Gasteiger charge is 2.13. The number of nitrogens with zero attached hydrogens (tertiary/aromatic N) is 3. The number of sulfone groups is 1. The minimum absolute atomic E-state index is 0.252. The van der Waals surface area contributed by atoms with Crippen molar-refractivity contribution in [3.8, 4) is 11.3 Å². The van der Waals surface area contributed by atoms with Gasteiger partial charge in [0.1, 0.15) is 10.8 Å². The first kappa shape index (κ1) is 18.7. The molecule has 0 aliphatic carbocycles. The first-order chi connectivity index (χ1) is 13.3. The van der Waals surface area contributed by atoms with E-state index in [1.807, 2.05) is 18.2 Å². The topological polar surface area (TPSA) is 76.4 Å². The van der Waals surface area contributed by atoms with Crippen molar-refractivity contribution in [2.45, 2.75) is 4.90 Å². The third kappa shape index (κ3) is 3.69. The number of anilines is 2. The molecule has 0 bridgehead atoms. The van der Waals surface area contributed by atoms with E-state index in [1.165, 1.54) is 12.5 Å². The molecule has 4 rings (SSSR count). The average molecular weight is 433 g/mol. The Hall–Kier alpha value is -2.61. The summed E-state index contributed by atoms with van der Waals surface area (Å²) in [5.74, 6) is 0.633. The van der Waals surface area contributed by atoms with Gasteiger partial charge in [0, 0.05) is 28.6 Å². The number of aromatic nitrogens is 3. The highest BCUT2D eigenvalue weighted by molar-refractivity contribution is 7.90. The van der Waals surface area contributed by atoms with Crippen molar-refractivity contribution in [3.05, 3.63) is 70.8 Å². The molecule has 1 N–H and O–H groups in total. The van der Waals surface area contributed by atoms with Crippen LogP contribution in [0.3, 0.4) is 0 Å². The highest BCUT2D eigenvalue weighted by atomic mass is 35.5. The molecule has 4 aromatic rings. The lowest BCUT2D eigenvalue weighted by molar-refractivity contribution is 0.602. The number of fused-ring (bicyclic) bond motifs is 1. The quantitative estimate of drug-likeness (QED) is 0.498. The molecule has 0 saturated carbocycles. The first-order valence-electron chi connectivity index (χ1n) is 8.19. The van der Waals surface area contributed by atoms with Gasteiger partial charge in [0.25, 0.3) is 0 Å². The fourth-order valence-corrected chi connectivity index (χ4v) is 3.65. The Labute approximate surface area is 171 Å². The summed E-state index contributed by atoms with van der Waals surface area (Å²) in [6.45, 7) is 0. The minimum atomic E-state index is -3.25. The van der Waals surface area contributed by atoms with Gasteiger partial charge in [-0.25, -0.2) is 13.4 Å². The molecule has 0 atom stereocenters. The molecule has 0 spiro atoms. The van der Waals surface area contributed by atoms with Crippen molar-refractivity contribution in [3.63, 3.8) is 0 Å². The summed E-state index contributed by atoms with van der Waals surface area (Å²) >= 11 is 12.2. The van der Waals surface area contributed by atoms with Crippen molar-refractivity contribution in [2.75, 3.05) is 11.6 Å². The molecule has 0 aliphatic rings. The molecule has 0 unspecified atom stereocenters. The predicted octanol–water partition coefficient (Wildman–Crippen LogP) is 4.85. The van der Waals surface area contributed by atoms with Crippen molar-refractivity contribution in [1.82, 2.24) is 14.6 Å². The summed E-state index contributed by atoms with van der Waals surface area (Å²) in [5, 5.41) is 8.56. The van der Waals surface area contributed by atoms with Crippen LogP contribution >= 0.6 is 23.2 Å². The molecule has 2 aromatic heterocycles. The van der Waals surface area contributed by atoms with E-state index >= 15 is 0 Å². The summed E-state index contributed by atoms with van der Waals surface area (Å²) < 4.78 is 24.9. The fourth-order valence-electron chi connectivity index (χ4n) is 2.73. The maximum Gasteiger partial charge on any atom is 0.176 e. The zero-order valence-corrected chi connectivity index (χ0v) is 16.9. The van der Waals surface area contributed by atoms with Gasteiger partial charge in [-0.3, -0.25) is 0 Å². The minimum Gasteiger partial charge on any atom is -0.340 e. The molecule has 0 saturated heterocycles. The van der Waals surface area contributed by atoms with Crippen LogP contribution in [0.2, 0.25) is 10.0 Å². The molecule has 9 heteroatoms. The lowest BCUT2D eigenvalue weighted by Crippen LogP contribution is -2.03. The first-order valence-corrected chi connectivity index (χ1v) is 10.8. The smallest absolute Gasteiger partial charge is 0.176 e. The van der Waals surface area contributed by atoms with E-state index in [1.54, 1.807) is 40.9 Å². The van der Waals surface area contributed by atoms with E-state index < -0.39 is 9.84 Å². The van der Waals surface area contributed by atoms with Crippen molar-refractivity contribution < 1.29 is 8.42 Å². The second-order valence-corrected chi connectivity index (χ2v) is 9.04. The summed E-state index contributed by atoms with van der Waals surface area (Å²) in [6.07, 6.45) is 2.69. The monoisotopic (exact) mass is 432 g/mol. The Morgan fingerprint density at radius 1 is 1.00 bits per heavy atom. The van der Waals surface area contributed by atoms with E-state index in [0.29, 0.717) is 32.9 Å². The summed E-state index contributed by atoms with van der Waals surface area (Å²) in [4.78, 5) is 4.84. The molecular weight excluding hydrogens is 419 g/mol. The van der Waals surface area contributed by atoms with E-state index in [9.17, 15) is 8.42 Å². The Morgan fingerprint density at radius 2 is 1.68 bits per heavy atom. The molecule has 0 fully saturated rings. The van der Waals surface area contributed by atoms with Crippen LogP contribution in [0.25, 0.3) is 16.9 Å². The van der Waals surface area contributed by atoms with Gasteiger partial charge in [-0.2, -0.15) is 9.61 Å². The van der Waals surface area contributed by atoms with Crippen LogP contribution in [0.15, 0.2) is 65.7 Å². The zero-order chi connectivity index (χ0) is 19.9. The van der Waals surface area contributed by atoms with Gasteiger partial charge in [0.2, 0.25) is 0 Å². The molecule has 2 heterocycles. The van der Waals surface area contributed by atoms with E-state index in [0.717, 1.165) is 5.56 Å². The van der Waals surface area contributed by atoms with Gasteiger partial charge in [0.05, 0.1) is 16.8 Å². The van der Waals surface area contributed by atoms with Crippen LogP contribution in [0, 0.1) is 0 Å². The normalized spacial score (nSPS) is 11.7. The molecule has 0 radical (unpaired) electrons. The molecular formula is C19H14Cl2N4O2S. The number of rotatable bonds is 4. The summed E-state index contributed by atoms with van der Waals surface area (Å²) in [5.41, 5.74) is 2.78. The second-order valence-electron chi connectivity index (χ2n) is 6.18. The number of hydrogen-bond acceptors (Lipinski definition) is 5. The van der Waals surface area contributed by atoms with Crippen LogP contribution in [0.4, 0.5) is 11.5 Å². The maximum absolute atomic E-state index is 11.6. The SMILES string of the molecule is CS(=O)(=O)c1ccc(Nc2cc(-c3ccc(Cl)cc3)nc3c(Cl)cnn23)cc1. The van der Waals surface area contributed by atoms with Crippen molar-refractivity contribution in [2.24, 2.45) is 0 Å². The third-order valence-corrected chi connectivity index (χ3v) is 5.77. The van der Waals surface area contributed by atoms with Gasteiger partial charge >= 0.3 is 0 Å². The molecule has 142 valence electrons. The third-order valence-electron chi connectivity index (χ3n) is 4.12. The predicted molar refractivity (Wildman–Crippen MR) is 111 cm³/mol. The zero-order valence-electron chi connectivity index (χ0n) is 14.6. The molecule has 0 amide bonds. The van der Waals surface area contributed by atoms with Crippen LogP contribution in [0.5, 0.6) is 0 Å². The Morgan fingerprint density at radius 3 is 2.32 bits per heavy atom. The fraction of sp³-hybridized carbons (Fsp3) is 0.0526. The standard InChI is InChI=1S/C19H14Cl2N4O2S/c1-28(26,27)15-8-6-14(7-9-15)23-18-10-17(12-2-4-13(20)5-3-12)24-19-16(21)11-22-25(18)19/h2-11,23H,1H3. The van der Waals surface area contributed by atoms with Crippen LogP contribution in [-0.2, 0) is 9.84 Å². The number of nitrogens with one attached hydrogen (secondary N) is 1. The average Bonchev–Trinajstić information content (AvgIpc) is 3.03. The summed E-state index contributed by atoms with van der Waals surface area (Å²) in [6, 6.07) is 15.6. The lowest BCUT2D eigenvalue weighted by Gasteiger charge is -2.11.